The molecular weight excluding hydrogens is 403 g/mol. The van der Waals surface area contributed by atoms with Gasteiger partial charge in [0.15, 0.2) is 0 Å². The second-order valence-corrected chi connectivity index (χ2v) is 8.62. The van der Waals surface area contributed by atoms with Crippen LogP contribution >= 0.6 is 11.6 Å². The SMILES string of the molecule is CN1CC=C(Cl)C=c2[nH]c3c(c21)CN=NC=3[C@H]1CC[C@H](Oc2ccc(F)cc2)CC1. The zero-order valence-electron chi connectivity index (χ0n) is 16.9. The molecule has 3 aliphatic rings. The minimum atomic E-state index is -0.245. The summed E-state index contributed by atoms with van der Waals surface area (Å²) < 4.78 is 19.2. The summed E-state index contributed by atoms with van der Waals surface area (Å²) in [7, 11) is 2.08. The Morgan fingerprint density at radius 1 is 1.17 bits per heavy atom. The van der Waals surface area contributed by atoms with E-state index in [-0.39, 0.29) is 11.9 Å². The average molecular weight is 427 g/mol. The van der Waals surface area contributed by atoms with E-state index >= 15 is 0 Å². The molecule has 1 N–H and O–H groups in total. The maximum absolute atomic E-state index is 13.1. The van der Waals surface area contributed by atoms with Crippen LogP contribution in [0.15, 0.2) is 45.6 Å². The molecule has 0 amide bonds. The molecule has 0 atom stereocenters. The van der Waals surface area contributed by atoms with Crippen LogP contribution in [-0.2, 0) is 6.54 Å². The van der Waals surface area contributed by atoms with Crippen LogP contribution in [0.4, 0.5) is 10.1 Å². The lowest BCUT2D eigenvalue weighted by Crippen LogP contribution is -2.28. The number of benzene rings is 1. The van der Waals surface area contributed by atoms with Crippen molar-refractivity contribution in [2.45, 2.75) is 38.3 Å². The summed E-state index contributed by atoms with van der Waals surface area (Å²) >= 11 is 6.32. The minimum absolute atomic E-state index is 0.149. The largest absolute Gasteiger partial charge is 0.490 e. The number of fused-ring (bicyclic) bond motifs is 3. The molecule has 2 aliphatic heterocycles. The Labute approximate surface area is 179 Å². The number of halogens is 2. The lowest BCUT2D eigenvalue weighted by atomic mass is 9.84. The van der Waals surface area contributed by atoms with Crippen molar-refractivity contribution < 1.29 is 9.13 Å². The quantitative estimate of drug-likeness (QED) is 0.798. The number of hydrogen-bond donors (Lipinski definition) is 1. The number of allylic oxidation sites excluding steroid dienone is 1. The molecule has 1 saturated carbocycles. The highest BCUT2D eigenvalue weighted by Crippen LogP contribution is 2.34. The third-order valence-corrected chi connectivity index (χ3v) is 6.43. The Balaban J connectivity index is 1.39. The smallest absolute Gasteiger partial charge is 0.123 e. The van der Waals surface area contributed by atoms with Crippen LogP contribution in [0.25, 0.3) is 11.8 Å². The Kier molecular flexibility index (Phi) is 5.11. The number of azo groups is 1. The van der Waals surface area contributed by atoms with Gasteiger partial charge in [0.05, 0.1) is 34.7 Å². The Morgan fingerprint density at radius 2 is 1.93 bits per heavy atom. The van der Waals surface area contributed by atoms with E-state index < -0.39 is 0 Å². The molecule has 30 heavy (non-hydrogen) atoms. The first-order valence-electron chi connectivity index (χ1n) is 10.4. The highest BCUT2D eigenvalue weighted by atomic mass is 35.5. The number of rotatable bonds is 3. The fourth-order valence-electron chi connectivity index (χ4n) is 4.65. The predicted octanol–water partition coefficient (Wildman–Crippen LogP) is 4.22. The zero-order valence-corrected chi connectivity index (χ0v) is 17.6. The average Bonchev–Trinajstić information content (AvgIpc) is 3.05. The summed E-state index contributed by atoms with van der Waals surface area (Å²) in [5, 5.41) is 11.9. The van der Waals surface area contributed by atoms with Crippen molar-refractivity contribution in [3.8, 4) is 5.75 Å². The third kappa shape index (κ3) is 3.65. The highest BCUT2D eigenvalue weighted by molar-refractivity contribution is 6.34. The van der Waals surface area contributed by atoms with Crippen molar-refractivity contribution in [3.05, 3.63) is 57.5 Å². The normalized spacial score (nSPS) is 23.2. The summed E-state index contributed by atoms with van der Waals surface area (Å²) in [6.45, 7) is 1.36. The number of H-pyrrole nitrogens is 1. The van der Waals surface area contributed by atoms with Gasteiger partial charge in [0.2, 0.25) is 0 Å². The van der Waals surface area contributed by atoms with Gasteiger partial charge in [0, 0.05) is 30.1 Å². The van der Waals surface area contributed by atoms with E-state index in [2.05, 4.69) is 27.2 Å². The van der Waals surface area contributed by atoms with Gasteiger partial charge in [-0.15, -0.1) is 0 Å². The molecule has 1 fully saturated rings. The maximum atomic E-state index is 13.1. The van der Waals surface area contributed by atoms with Gasteiger partial charge in [-0.2, -0.15) is 10.2 Å². The lowest BCUT2D eigenvalue weighted by molar-refractivity contribution is 0.142. The van der Waals surface area contributed by atoms with E-state index in [1.807, 2.05) is 12.2 Å². The summed E-state index contributed by atoms with van der Waals surface area (Å²) in [4.78, 5) is 5.79. The highest BCUT2D eigenvalue weighted by Gasteiger charge is 2.29. The van der Waals surface area contributed by atoms with Gasteiger partial charge in [0.25, 0.3) is 0 Å². The fourth-order valence-corrected chi connectivity index (χ4v) is 4.83. The molecule has 1 aliphatic carbocycles. The Hall–Kier alpha value is -2.60. The van der Waals surface area contributed by atoms with E-state index in [1.165, 1.54) is 23.4 Å². The topological polar surface area (TPSA) is 53.0 Å². The van der Waals surface area contributed by atoms with E-state index in [1.54, 1.807) is 12.1 Å². The number of aromatic nitrogens is 1. The van der Waals surface area contributed by atoms with Crippen molar-refractivity contribution in [3.63, 3.8) is 0 Å². The maximum Gasteiger partial charge on any atom is 0.123 e. The number of aromatic amines is 1. The summed E-state index contributed by atoms with van der Waals surface area (Å²) in [6, 6.07) is 6.25. The van der Waals surface area contributed by atoms with Crippen LogP contribution in [0.1, 0.15) is 31.2 Å². The van der Waals surface area contributed by atoms with Crippen LogP contribution in [0.5, 0.6) is 5.75 Å². The summed E-state index contributed by atoms with van der Waals surface area (Å²) in [5.41, 5.74) is 3.42. The van der Waals surface area contributed by atoms with Gasteiger partial charge in [-0.3, -0.25) is 0 Å². The van der Waals surface area contributed by atoms with Crippen molar-refractivity contribution in [2.75, 3.05) is 18.5 Å². The Bertz CT molecular complexity index is 1130. The van der Waals surface area contributed by atoms with Crippen LogP contribution < -0.4 is 20.3 Å². The first-order chi connectivity index (χ1) is 14.6. The van der Waals surface area contributed by atoms with Gasteiger partial charge >= 0.3 is 0 Å². The number of likely N-dealkylation sites (N-methyl/N-ethyl adjacent to an activating group) is 1. The lowest BCUT2D eigenvalue weighted by Gasteiger charge is -2.29. The van der Waals surface area contributed by atoms with Gasteiger partial charge in [-0.05, 0) is 62.1 Å². The van der Waals surface area contributed by atoms with Crippen molar-refractivity contribution in [2.24, 2.45) is 16.1 Å². The Morgan fingerprint density at radius 3 is 2.70 bits per heavy atom. The number of ether oxygens (including phenoxy) is 1. The molecule has 0 spiro atoms. The van der Waals surface area contributed by atoms with Crippen LogP contribution in [-0.4, -0.2) is 24.7 Å². The van der Waals surface area contributed by atoms with Crippen LogP contribution in [0.3, 0.4) is 0 Å². The molecule has 2 aromatic rings. The molecule has 7 heteroatoms. The third-order valence-electron chi connectivity index (χ3n) is 6.17. The number of nitrogens with zero attached hydrogens (tertiary/aromatic N) is 3. The number of hydrogen-bond acceptors (Lipinski definition) is 4. The molecule has 1 aromatic carbocycles. The summed E-state index contributed by atoms with van der Waals surface area (Å²) in [6.07, 6.45) is 8.02. The molecule has 0 bridgehead atoms. The van der Waals surface area contributed by atoms with E-state index in [9.17, 15) is 4.39 Å². The molecule has 5 rings (SSSR count). The second kappa shape index (κ2) is 7.91. The van der Waals surface area contributed by atoms with Gasteiger partial charge in [0.1, 0.15) is 11.6 Å². The van der Waals surface area contributed by atoms with Gasteiger partial charge in [-0.25, -0.2) is 4.39 Å². The van der Waals surface area contributed by atoms with E-state index in [0.717, 1.165) is 59.4 Å². The number of anilines is 1. The van der Waals surface area contributed by atoms with E-state index in [0.29, 0.717) is 12.5 Å². The van der Waals surface area contributed by atoms with E-state index in [4.69, 9.17) is 16.3 Å². The first kappa shape index (κ1) is 19.4. The molecule has 0 saturated heterocycles. The fraction of sp³-hybridized carbons (Fsp3) is 0.391. The second-order valence-electron chi connectivity index (χ2n) is 8.18. The van der Waals surface area contributed by atoms with Crippen LogP contribution in [0.2, 0.25) is 0 Å². The molecule has 0 radical (unpaired) electrons. The zero-order chi connectivity index (χ0) is 20.7. The summed E-state index contributed by atoms with van der Waals surface area (Å²) in [5.74, 6) is 0.827. The standard InChI is InChI=1S/C23H24ClFN4O/c1-29-11-10-15(24)12-20-23(29)19-13-26-28-21(22(19)27-20)14-2-6-17(7-3-14)30-18-8-4-16(25)5-9-18/h4-5,8-10,12,14,17,27H,2-3,6-7,11,13H2,1H3/t14-,17-. The van der Waals surface area contributed by atoms with Crippen molar-refractivity contribution >= 4 is 29.1 Å². The molecule has 0 unspecified atom stereocenters. The van der Waals surface area contributed by atoms with Crippen LogP contribution in [0, 0.1) is 11.7 Å². The molecule has 1 aromatic heterocycles. The number of nitrogens with one attached hydrogen (secondary N) is 1. The molecule has 3 heterocycles. The predicted molar refractivity (Wildman–Crippen MR) is 116 cm³/mol. The molecule has 5 nitrogen and oxygen atoms in total. The van der Waals surface area contributed by atoms with Crippen molar-refractivity contribution in [1.29, 1.82) is 0 Å². The minimum Gasteiger partial charge on any atom is -0.490 e. The van der Waals surface area contributed by atoms with Gasteiger partial charge < -0.3 is 14.6 Å². The van der Waals surface area contributed by atoms with Gasteiger partial charge in [-0.1, -0.05) is 11.6 Å². The first-order valence-corrected chi connectivity index (χ1v) is 10.8. The molecule has 156 valence electrons. The van der Waals surface area contributed by atoms with Crippen molar-refractivity contribution in [1.82, 2.24) is 4.98 Å². The molecular formula is C23H24ClFN4O. The monoisotopic (exact) mass is 426 g/mol.